The molecule has 2 aromatic carbocycles. The van der Waals surface area contributed by atoms with Crippen LogP contribution in [0.3, 0.4) is 0 Å². The molecule has 4 nitrogen and oxygen atoms in total. The Morgan fingerprint density at radius 3 is 2.50 bits per heavy atom. The van der Waals surface area contributed by atoms with Crippen molar-refractivity contribution in [2.24, 2.45) is 0 Å². The molecule has 1 saturated heterocycles. The van der Waals surface area contributed by atoms with Gasteiger partial charge in [-0.3, -0.25) is 0 Å². The number of morpholine rings is 1. The first kappa shape index (κ1) is 17.1. The van der Waals surface area contributed by atoms with Crippen LogP contribution in [0.15, 0.2) is 59.5 Å². The number of aryl methyl sites for hydroxylation is 1. The van der Waals surface area contributed by atoms with Crippen LogP contribution in [0.4, 0.5) is 4.39 Å². The summed E-state index contributed by atoms with van der Waals surface area (Å²) in [4.78, 5) is 0.118. The Morgan fingerprint density at radius 1 is 1.08 bits per heavy atom. The summed E-state index contributed by atoms with van der Waals surface area (Å²) in [7, 11) is -3.61. The van der Waals surface area contributed by atoms with Crippen LogP contribution in [-0.4, -0.2) is 38.5 Å². The van der Waals surface area contributed by atoms with Crippen molar-refractivity contribution in [2.45, 2.75) is 23.8 Å². The first-order valence-corrected chi connectivity index (χ1v) is 9.41. The van der Waals surface area contributed by atoms with Crippen molar-refractivity contribution >= 4 is 10.0 Å². The normalized spacial score (nSPS) is 19.3. The van der Waals surface area contributed by atoms with Crippen LogP contribution in [0.1, 0.15) is 12.0 Å². The Bertz CT molecular complexity index is 763. The fourth-order valence-electron chi connectivity index (χ4n) is 2.81. The van der Waals surface area contributed by atoms with Crippen LogP contribution < -0.4 is 0 Å². The molecule has 1 unspecified atom stereocenters. The average molecular weight is 349 g/mol. The highest BCUT2D eigenvalue weighted by Gasteiger charge is 2.30. The van der Waals surface area contributed by atoms with E-state index in [-0.39, 0.29) is 11.0 Å². The summed E-state index contributed by atoms with van der Waals surface area (Å²) >= 11 is 0. The molecule has 6 heteroatoms. The van der Waals surface area contributed by atoms with Crippen molar-refractivity contribution in [3.63, 3.8) is 0 Å². The van der Waals surface area contributed by atoms with Crippen LogP contribution >= 0.6 is 0 Å². The van der Waals surface area contributed by atoms with Crippen LogP contribution in [0.2, 0.25) is 0 Å². The van der Waals surface area contributed by atoms with Crippen molar-refractivity contribution in [1.29, 1.82) is 0 Å². The van der Waals surface area contributed by atoms with Gasteiger partial charge in [0.05, 0.1) is 17.6 Å². The van der Waals surface area contributed by atoms with E-state index in [4.69, 9.17) is 4.74 Å². The lowest BCUT2D eigenvalue weighted by molar-refractivity contribution is -0.00526. The molecule has 128 valence electrons. The number of rotatable bonds is 5. The second-order valence-electron chi connectivity index (χ2n) is 5.83. The number of ether oxygens (including phenoxy) is 1. The van der Waals surface area contributed by atoms with E-state index < -0.39 is 15.8 Å². The van der Waals surface area contributed by atoms with E-state index in [0.717, 1.165) is 12.8 Å². The van der Waals surface area contributed by atoms with Crippen molar-refractivity contribution in [3.8, 4) is 0 Å². The van der Waals surface area contributed by atoms with E-state index in [1.54, 1.807) is 0 Å². The molecule has 0 radical (unpaired) electrons. The topological polar surface area (TPSA) is 46.6 Å². The van der Waals surface area contributed by atoms with Gasteiger partial charge in [-0.05, 0) is 42.7 Å². The van der Waals surface area contributed by atoms with E-state index in [2.05, 4.69) is 12.1 Å². The van der Waals surface area contributed by atoms with Gasteiger partial charge in [-0.15, -0.1) is 0 Å². The Balaban J connectivity index is 1.65. The van der Waals surface area contributed by atoms with Gasteiger partial charge in [-0.1, -0.05) is 30.3 Å². The maximum atomic E-state index is 13.0. The molecule has 0 saturated carbocycles. The second-order valence-corrected chi connectivity index (χ2v) is 7.77. The molecule has 1 aliphatic heterocycles. The number of hydrogen-bond donors (Lipinski definition) is 0. The third-order valence-electron chi connectivity index (χ3n) is 4.15. The Morgan fingerprint density at radius 2 is 1.79 bits per heavy atom. The largest absolute Gasteiger partial charge is 0.375 e. The zero-order chi connectivity index (χ0) is 17.0. The quantitative estimate of drug-likeness (QED) is 0.834. The molecule has 0 aliphatic carbocycles. The highest BCUT2D eigenvalue weighted by atomic mass is 32.2. The molecule has 3 rings (SSSR count). The minimum absolute atomic E-state index is 0.118. The van der Waals surface area contributed by atoms with Crippen molar-refractivity contribution in [3.05, 3.63) is 66.0 Å². The molecule has 0 aromatic heterocycles. The minimum atomic E-state index is -3.61. The van der Waals surface area contributed by atoms with Crippen LogP contribution in [0.5, 0.6) is 0 Å². The molecular weight excluding hydrogens is 329 g/mol. The SMILES string of the molecule is O=S(=O)(c1ccc(F)cc1)N1CCOC(CCc2ccccc2)C1. The first-order valence-electron chi connectivity index (χ1n) is 7.97. The number of benzene rings is 2. The van der Waals surface area contributed by atoms with Gasteiger partial charge in [-0.2, -0.15) is 4.31 Å². The molecular formula is C18H20FNO3S. The van der Waals surface area contributed by atoms with Crippen LogP contribution in [-0.2, 0) is 21.2 Å². The van der Waals surface area contributed by atoms with E-state index in [0.29, 0.717) is 19.7 Å². The minimum Gasteiger partial charge on any atom is -0.375 e. The van der Waals surface area contributed by atoms with Gasteiger partial charge in [-0.25, -0.2) is 12.8 Å². The van der Waals surface area contributed by atoms with E-state index in [1.807, 2.05) is 18.2 Å². The average Bonchev–Trinajstić information content (AvgIpc) is 2.61. The Labute approximate surface area is 141 Å². The fraction of sp³-hybridized carbons (Fsp3) is 0.333. The number of nitrogens with zero attached hydrogens (tertiary/aromatic N) is 1. The lowest BCUT2D eigenvalue weighted by Gasteiger charge is -2.32. The van der Waals surface area contributed by atoms with Gasteiger partial charge in [0, 0.05) is 13.1 Å². The van der Waals surface area contributed by atoms with E-state index in [1.165, 1.54) is 34.1 Å². The number of halogens is 1. The lowest BCUT2D eigenvalue weighted by atomic mass is 10.1. The van der Waals surface area contributed by atoms with Crippen LogP contribution in [0.25, 0.3) is 0 Å². The number of hydrogen-bond acceptors (Lipinski definition) is 3. The third kappa shape index (κ3) is 4.01. The molecule has 0 N–H and O–H groups in total. The fourth-order valence-corrected chi connectivity index (χ4v) is 4.27. The summed E-state index contributed by atoms with van der Waals surface area (Å²) in [6, 6.07) is 15.0. The zero-order valence-electron chi connectivity index (χ0n) is 13.3. The van der Waals surface area contributed by atoms with Gasteiger partial charge < -0.3 is 4.74 Å². The summed E-state index contributed by atoms with van der Waals surface area (Å²) in [5, 5.41) is 0. The van der Waals surface area contributed by atoms with Gasteiger partial charge >= 0.3 is 0 Å². The zero-order valence-corrected chi connectivity index (χ0v) is 14.1. The summed E-state index contributed by atoms with van der Waals surface area (Å²) in [6.07, 6.45) is 1.48. The molecule has 2 aromatic rings. The smallest absolute Gasteiger partial charge is 0.243 e. The van der Waals surface area contributed by atoms with E-state index >= 15 is 0 Å². The Hall–Kier alpha value is -1.76. The second kappa shape index (κ2) is 7.42. The first-order chi connectivity index (χ1) is 11.6. The van der Waals surface area contributed by atoms with Crippen molar-refractivity contribution in [2.75, 3.05) is 19.7 Å². The maximum Gasteiger partial charge on any atom is 0.243 e. The van der Waals surface area contributed by atoms with E-state index in [9.17, 15) is 12.8 Å². The van der Waals surface area contributed by atoms with Crippen LogP contribution in [0, 0.1) is 5.82 Å². The maximum absolute atomic E-state index is 13.0. The standard InChI is InChI=1S/C18H20FNO3S/c19-16-7-10-18(11-8-16)24(21,22)20-12-13-23-17(14-20)9-6-15-4-2-1-3-5-15/h1-5,7-8,10-11,17H,6,9,12-14H2. The highest BCUT2D eigenvalue weighted by Crippen LogP contribution is 2.21. The summed E-state index contributed by atoms with van der Waals surface area (Å²) in [5.41, 5.74) is 1.21. The molecule has 0 amide bonds. The predicted octanol–water partition coefficient (Wildman–Crippen LogP) is 2.85. The molecule has 1 atom stereocenters. The highest BCUT2D eigenvalue weighted by molar-refractivity contribution is 7.89. The van der Waals surface area contributed by atoms with Gasteiger partial charge in [0.2, 0.25) is 10.0 Å². The lowest BCUT2D eigenvalue weighted by Crippen LogP contribution is -2.45. The molecule has 0 bridgehead atoms. The molecule has 0 spiro atoms. The van der Waals surface area contributed by atoms with Gasteiger partial charge in [0.25, 0.3) is 0 Å². The molecule has 1 heterocycles. The van der Waals surface area contributed by atoms with Gasteiger partial charge in [0.1, 0.15) is 5.82 Å². The number of sulfonamides is 1. The van der Waals surface area contributed by atoms with Gasteiger partial charge in [0.15, 0.2) is 0 Å². The van der Waals surface area contributed by atoms with Crippen molar-refractivity contribution < 1.29 is 17.5 Å². The summed E-state index contributed by atoms with van der Waals surface area (Å²) in [6.45, 7) is 1.02. The van der Waals surface area contributed by atoms with Crippen molar-refractivity contribution in [1.82, 2.24) is 4.31 Å². The third-order valence-corrected chi connectivity index (χ3v) is 6.03. The predicted molar refractivity (Wildman–Crippen MR) is 89.7 cm³/mol. The molecule has 1 fully saturated rings. The summed E-state index contributed by atoms with van der Waals surface area (Å²) < 4.78 is 45.5. The monoisotopic (exact) mass is 349 g/mol. The molecule has 1 aliphatic rings. The summed E-state index contributed by atoms with van der Waals surface area (Å²) in [5.74, 6) is -0.448. The Kier molecular flexibility index (Phi) is 5.28. The molecule has 24 heavy (non-hydrogen) atoms.